The number of rotatable bonds is 4. The number of ether oxygens (including phenoxy) is 1. The lowest BCUT2D eigenvalue weighted by atomic mass is 10.2. The summed E-state index contributed by atoms with van der Waals surface area (Å²) in [5.74, 6) is 0.128. The molecule has 0 saturated carbocycles. The van der Waals surface area contributed by atoms with Crippen molar-refractivity contribution < 1.29 is 9.13 Å². The normalized spacial score (nSPS) is 10.4. The molecule has 1 aromatic heterocycles. The fourth-order valence-corrected chi connectivity index (χ4v) is 1.78. The van der Waals surface area contributed by atoms with Crippen LogP contribution in [0.4, 0.5) is 4.39 Å². The predicted molar refractivity (Wildman–Crippen MR) is 69.6 cm³/mol. The lowest BCUT2D eigenvalue weighted by Crippen LogP contribution is -1.96. The molecule has 0 N–H and O–H groups in total. The summed E-state index contributed by atoms with van der Waals surface area (Å²) in [5.41, 5.74) is 1.51. The van der Waals surface area contributed by atoms with Crippen molar-refractivity contribution in [2.75, 3.05) is 0 Å². The Morgan fingerprint density at radius 1 is 1.33 bits per heavy atom. The van der Waals surface area contributed by atoms with Gasteiger partial charge in [0.25, 0.3) is 5.88 Å². The summed E-state index contributed by atoms with van der Waals surface area (Å²) >= 11 is 5.63. The Labute approximate surface area is 110 Å². The number of benzene rings is 1. The van der Waals surface area contributed by atoms with E-state index in [9.17, 15) is 4.39 Å². The summed E-state index contributed by atoms with van der Waals surface area (Å²) in [7, 11) is 0. The highest BCUT2D eigenvalue weighted by Crippen LogP contribution is 2.25. The zero-order chi connectivity index (χ0) is 13.0. The molecule has 0 aliphatic heterocycles. The third kappa shape index (κ3) is 2.79. The van der Waals surface area contributed by atoms with Crippen LogP contribution in [0.25, 0.3) is 0 Å². The van der Waals surface area contributed by atoms with E-state index in [1.54, 1.807) is 6.07 Å². The summed E-state index contributed by atoms with van der Waals surface area (Å²) < 4.78 is 19.3. The van der Waals surface area contributed by atoms with Crippen LogP contribution in [0.1, 0.15) is 18.1 Å². The maximum atomic E-state index is 13.9. The van der Waals surface area contributed by atoms with Crippen LogP contribution in [-0.4, -0.2) is 4.98 Å². The van der Waals surface area contributed by atoms with Gasteiger partial charge < -0.3 is 4.74 Å². The zero-order valence-electron chi connectivity index (χ0n) is 9.99. The molecule has 0 unspecified atom stereocenters. The molecular weight excluding hydrogens is 253 g/mol. The minimum absolute atomic E-state index is 0.0404. The van der Waals surface area contributed by atoms with E-state index in [4.69, 9.17) is 16.3 Å². The van der Waals surface area contributed by atoms with E-state index in [1.165, 1.54) is 12.3 Å². The van der Waals surface area contributed by atoms with Gasteiger partial charge in [-0.05, 0) is 30.2 Å². The number of halogens is 2. The molecule has 2 nitrogen and oxygen atoms in total. The van der Waals surface area contributed by atoms with Crippen LogP contribution in [-0.2, 0) is 12.3 Å². The lowest BCUT2D eigenvalue weighted by molar-refractivity contribution is 0.420. The van der Waals surface area contributed by atoms with E-state index in [1.807, 2.05) is 25.1 Å². The number of alkyl halides is 1. The maximum absolute atomic E-state index is 13.9. The van der Waals surface area contributed by atoms with Crippen molar-refractivity contribution in [2.45, 2.75) is 19.2 Å². The molecule has 0 atom stereocenters. The summed E-state index contributed by atoms with van der Waals surface area (Å²) in [4.78, 5) is 3.88. The van der Waals surface area contributed by atoms with Crippen LogP contribution in [0.5, 0.6) is 11.6 Å². The minimum Gasteiger partial charge on any atom is -0.436 e. The summed E-state index contributed by atoms with van der Waals surface area (Å²) in [6.45, 7) is 2.05. The number of hydrogen-bond donors (Lipinski definition) is 0. The molecule has 4 heteroatoms. The van der Waals surface area contributed by atoms with Gasteiger partial charge in [0.05, 0.1) is 5.88 Å². The van der Waals surface area contributed by atoms with Crippen LogP contribution in [0.15, 0.2) is 36.5 Å². The monoisotopic (exact) mass is 265 g/mol. The van der Waals surface area contributed by atoms with Crippen LogP contribution < -0.4 is 4.74 Å². The Kier molecular flexibility index (Phi) is 4.15. The van der Waals surface area contributed by atoms with Gasteiger partial charge in [0.2, 0.25) is 0 Å². The topological polar surface area (TPSA) is 22.1 Å². The molecule has 0 bridgehead atoms. The van der Waals surface area contributed by atoms with Crippen molar-refractivity contribution in [3.63, 3.8) is 0 Å². The molecule has 94 valence electrons. The van der Waals surface area contributed by atoms with Gasteiger partial charge in [-0.3, -0.25) is 0 Å². The second kappa shape index (κ2) is 5.83. The first kappa shape index (κ1) is 12.8. The highest BCUT2D eigenvalue weighted by atomic mass is 35.5. The minimum atomic E-state index is -0.505. The Bertz CT molecular complexity index is 545. The number of pyridine rings is 1. The van der Waals surface area contributed by atoms with E-state index < -0.39 is 5.82 Å². The van der Waals surface area contributed by atoms with Crippen LogP contribution in [0.2, 0.25) is 0 Å². The standard InChI is InChI=1S/C14H13ClFNO/c1-2-10-4-3-5-12(8-10)18-14-13(16)11(9-15)6-7-17-14/h3-8H,2,9H2,1H3. The molecule has 2 rings (SSSR count). The molecule has 1 aromatic carbocycles. The Balaban J connectivity index is 2.28. The van der Waals surface area contributed by atoms with Gasteiger partial charge in [-0.15, -0.1) is 11.6 Å². The summed E-state index contributed by atoms with van der Waals surface area (Å²) in [5, 5.41) is 0. The number of nitrogens with zero attached hydrogens (tertiary/aromatic N) is 1. The van der Waals surface area contributed by atoms with E-state index >= 15 is 0 Å². The molecule has 0 aliphatic rings. The van der Waals surface area contributed by atoms with Crippen molar-refractivity contribution in [3.8, 4) is 11.6 Å². The second-order valence-corrected chi connectivity index (χ2v) is 4.09. The zero-order valence-corrected chi connectivity index (χ0v) is 10.7. The van der Waals surface area contributed by atoms with Gasteiger partial charge >= 0.3 is 0 Å². The molecule has 0 fully saturated rings. The second-order valence-electron chi connectivity index (χ2n) is 3.83. The molecule has 18 heavy (non-hydrogen) atoms. The molecular formula is C14H13ClFNO. The number of aryl methyl sites for hydroxylation is 1. The van der Waals surface area contributed by atoms with Crippen molar-refractivity contribution >= 4 is 11.6 Å². The fraction of sp³-hybridized carbons (Fsp3) is 0.214. The quantitative estimate of drug-likeness (QED) is 0.769. The van der Waals surface area contributed by atoms with E-state index in [2.05, 4.69) is 4.98 Å². The van der Waals surface area contributed by atoms with Crippen molar-refractivity contribution in [3.05, 3.63) is 53.5 Å². The van der Waals surface area contributed by atoms with Crippen molar-refractivity contribution in [2.24, 2.45) is 0 Å². The van der Waals surface area contributed by atoms with Gasteiger partial charge in [0, 0.05) is 11.8 Å². The highest BCUT2D eigenvalue weighted by molar-refractivity contribution is 6.17. The summed E-state index contributed by atoms with van der Waals surface area (Å²) in [6, 6.07) is 9.04. The average Bonchev–Trinajstić information content (AvgIpc) is 2.41. The maximum Gasteiger partial charge on any atom is 0.256 e. The molecule has 2 aromatic rings. The van der Waals surface area contributed by atoms with E-state index in [0.717, 1.165) is 12.0 Å². The van der Waals surface area contributed by atoms with Crippen LogP contribution >= 0.6 is 11.6 Å². The molecule has 0 amide bonds. The molecule has 0 aliphatic carbocycles. The average molecular weight is 266 g/mol. The first-order chi connectivity index (χ1) is 8.74. The fourth-order valence-electron chi connectivity index (χ4n) is 1.58. The number of hydrogen-bond acceptors (Lipinski definition) is 2. The third-order valence-electron chi connectivity index (χ3n) is 2.60. The van der Waals surface area contributed by atoms with Gasteiger partial charge in [0.1, 0.15) is 5.75 Å². The van der Waals surface area contributed by atoms with E-state index in [-0.39, 0.29) is 11.8 Å². The number of aromatic nitrogens is 1. The largest absolute Gasteiger partial charge is 0.436 e. The third-order valence-corrected chi connectivity index (χ3v) is 2.89. The first-order valence-electron chi connectivity index (χ1n) is 5.70. The van der Waals surface area contributed by atoms with Gasteiger partial charge in [-0.1, -0.05) is 19.1 Å². The predicted octanol–water partition coefficient (Wildman–Crippen LogP) is 4.31. The Hall–Kier alpha value is -1.61. The van der Waals surface area contributed by atoms with E-state index in [0.29, 0.717) is 11.3 Å². The van der Waals surface area contributed by atoms with Crippen molar-refractivity contribution in [1.29, 1.82) is 0 Å². The Morgan fingerprint density at radius 2 is 2.17 bits per heavy atom. The van der Waals surface area contributed by atoms with Gasteiger partial charge in [-0.2, -0.15) is 0 Å². The smallest absolute Gasteiger partial charge is 0.256 e. The molecule has 1 heterocycles. The Morgan fingerprint density at radius 3 is 2.89 bits per heavy atom. The van der Waals surface area contributed by atoms with Gasteiger partial charge in [0.15, 0.2) is 5.82 Å². The molecule has 0 saturated heterocycles. The van der Waals surface area contributed by atoms with Crippen LogP contribution in [0.3, 0.4) is 0 Å². The highest BCUT2D eigenvalue weighted by Gasteiger charge is 2.10. The summed E-state index contributed by atoms with van der Waals surface area (Å²) in [6.07, 6.45) is 2.38. The lowest BCUT2D eigenvalue weighted by Gasteiger charge is -2.08. The van der Waals surface area contributed by atoms with Crippen LogP contribution in [0, 0.1) is 5.82 Å². The SMILES string of the molecule is CCc1cccc(Oc2nccc(CCl)c2F)c1. The molecule has 0 radical (unpaired) electrons. The van der Waals surface area contributed by atoms with Crippen molar-refractivity contribution in [1.82, 2.24) is 4.98 Å². The van der Waals surface area contributed by atoms with Gasteiger partial charge in [-0.25, -0.2) is 9.37 Å². The molecule has 0 spiro atoms. The first-order valence-corrected chi connectivity index (χ1v) is 6.24.